The summed E-state index contributed by atoms with van der Waals surface area (Å²) in [5.41, 5.74) is 3.70. The average molecular weight is 271 g/mol. The van der Waals surface area contributed by atoms with Crippen molar-refractivity contribution < 1.29 is 0 Å². The van der Waals surface area contributed by atoms with Gasteiger partial charge in [0.1, 0.15) is 0 Å². The first kappa shape index (κ1) is 14.1. The van der Waals surface area contributed by atoms with E-state index in [0.29, 0.717) is 22.9 Å². The fourth-order valence-corrected chi connectivity index (χ4v) is 4.92. The Morgan fingerprint density at radius 2 is 1.80 bits per heavy atom. The zero-order valence-corrected chi connectivity index (χ0v) is 13.7. The smallest absolute Gasteiger partial charge is 0.0294 e. The van der Waals surface area contributed by atoms with E-state index in [0.717, 1.165) is 5.92 Å². The molecule has 110 valence electrons. The third-order valence-electron chi connectivity index (χ3n) is 6.26. The molecule has 1 aromatic carbocycles. The quantitative estimate of drug-likeness (QED) is 0.827. The maximum Gasteiger partial charge on any atom is 0.0294 e. The van der Waals surface area contributed by atoms with Gasteiger partial charge in [-0.3, -0.25) is 0 Å². The summed E-state index contributed by atoms with van der Waals surface area (Å²) in [6.45, 7) is 11.9. The number of fused-ring (bicyclic) bond motifs is 2. The van der Waals surface area contributed by atoms with Crippen molar-refractivity contribution in [2.45, 2.75) is 66.0 Å². The summed E-state index contributed by atoms with van der Waals surface area (Å²) in [4.78, 5) is 0. The van der Waals surface area contributed by atoms with E-state index in [4.69, 9.17) is 0 Å². The molecule has 0 aliphatic heterocycles. The van der Waals surface area contributed by atoms with Crippen molar-refractivity contribution in [3.63, 3.8) is 0 Å². The van der Waals surface area contributed by atoms with Crippen LogP contribution in [0.25, 0.3) is 0 Å². The molecular weight excluding hydrogens is 242 g/mol. The number of aryl methyl sites for hydroxylation is 1. The second kappa shape index (κ2) is 4.59. The molecule has 2 fully saturated rings. The van der Waals surface area contributed by atoms with Crippen LogP contribution in [0.3, 0.4) is 0 Å². The van der Waals surface area contributed by atoms with E-state index in [1.54, 1.807) is 0 Å². The van der Waals surface area contributed by atoms with Gasteiger partial charge in [-0.05, 0) is 55.4 Å². The Balaban J connectivity index is 1.78. The van der Waals surface area contributed by atoms with Crippen LogP contribution in [0.1, 0.15) is 64.1 Å². The summed E-state index contributed by atoms with van der Waals surface area (Å²) in [5, 5.41) is 3.98. The molecule has 2 bridgehead atoms. The van der Waals surface area contributed by atoms with E-state index < -0.39 is 0 Å². The molecule has 4 atom stereocenters. The van der Waals surface area contributed by atoms with Gasteiger partial charge in [-0.2, -0.15) is 0 Å². The van der Waals surface area contributed by atoms with Gasteiger partial charge in [0.15, 0.2) is 0 Å². The Hall–Kier alpha value is -0.820. The molecule has 3 rings (SSSR count). The van der Waals surface area contributed by atoms with E-state index >= 15 is 0 Å². The fraction of sp³-hybridized carbons (Fsp3) is 0.684. The van der Waals surface area contributed by atoms with Crippen LogP contribution >= 0.6 is 0 Å². The maximum atomic E-state index is 3.98. The van der Waals surface area contributed by atoms with Gasteiger partial charge >= 0.3 is 0 Å². The topological polar surface area (TPSA) is 12.0 Å². The molecular formula is C19H29N. The van der Waals surface area contributed by atoms with Crippen LogP contribution < -0.4 is 5.32 Å². The van der Waals surface area contributed by atoms with Gasteiger partial charge < -0.3 is 5.32 Å². The third kappa shape index (κ3) is 2.11. The van der Waals surface area contributed by atoms with Gasteiger partial charge in [-0.1, -0.05) is 50.6 Å². The Labute approximate surface area is 124 Å². The number of rotatable bonds is 3. The lowest BCUT2D eigenvalue weighted by atomic mass is 9.68. The third-order valence-corrected chi connectivity index (χ3v) is 6.26. The monoisotopic (exact) mass is 271 g/mol. The highest BCUT2D eigenvalue weighted by Gasteiger charge is 2.59. The molecule has 2 aliphatic rings. The minimum absolute atomic E-state index is 0.436. The highest BCUT2D eigenvalue weighted by Crippen LogP contribution is 2.62. The number of nitrogens with one attached hydrogen (secondary N) is 1. The molecule has 1 N–H and O–H groups in total. The minimum Gasteiger partial charge on any atom is -0.306 e. The van der Waals surface area contributed by atoms with E-state index in [1.165, 1.54) is 30.4 Å². The first-order chi connectivity index (χ1) is 9.33. The van der Waals surface area contributed by atoms with E-state index in [2.05, 4.69) is 64.2 Å². The normalized spacial score (nSPS) is 36.2. The summed E-state index contributed by atoms with van der Waals surface area (Å²) in [6, 6.07) is 10.1. The standard InChI is InChI=1S/C19H29N/c1-13-6-8-15(9-7-13)14(2)20-17-18(3,4)16-10-11-19(17,5)12-16/h6-9,14,16-17,20H,10-12H2,1-5H3/t14-,16+,17?,19-/m1/s1. The van der Waals surface area contributed by atoms with Gasteiger partial charge in [-0.15, -0.1) is 0 Å². The van der Waals surface area contributed by atoms with Crippen molar-refractivity contribution >= 4 is 0 Å². The predicted octanol–water partition coefficient (Wildman–Crippen LogP) is 4.86. The minimum atomic E-state index is 0.436. The summed E-state index contributed by atoms with van der Waals surface area (Å²) in [6.07, 6.45) is 4.25. The second-order valence-electron chi connectivity index (χ2n) is 8.15. The first-order valence-corrected chi connectivity index (χ1v) is 8.15. The second-order valence-corrected chi connectivity index (χ2v) is 8.15. The molecule has 0 radical (unpaired) electrons. The number of benzene rings is 1. The highest BCUT2D eigenvalue weighted by atomic mass is 15.0. The van der Waals surface area contributed by atoms with Crippen molar-refractivity contribution in [1.29, 1.82) is 0 Å². The SMILES string of the molecule is Cc1ccc([C@@H](C)NC2C(C)(C)[C@H]3CC[C@]2(C)C3)cc1. The number of hydrogen-bond acceptors (Lipinski definition) is 1. The van der Waals surface area contributed by atoms with Crippen LogP contribution in [0.15, 0.2) is 24.3 Å². The maximum absolute atomic E-state index is 3.98. The first-order valence-electron chi connectivity index (χ1n) is 8.15. The lowest BCUT2D eigenvalue weighted by molar-refractivity contribution is 0.100. The Morgan fingerprint density at radius 1 is 1.15 bits per heavy atom. The molecule has 0 amide bonds. The van der Waals surface area contributed by atoms with Gasteiger partial charge in [-0.25, -0.2) is 0 Å². The zero-order valence-electron chi connectivity index (χ0n) is 13.7. The van der Waals surface area contributed by atoms with Gasteiger partial charge in [0, 0.05) is 12.1 Å². The van der Waals surface area contributed by atoms with Crippen molar-refractivity contribution in [2.75, 3.05) is 0 Å². The van der Waals surface area contributed by atoms with E-state index in [1.807, 2.05) is 0 Å². The lowest BCUT2D eigenvalue weighted by Crippen LogP contribution is -2.50. The summed E-state index contributed by atoms with van der Waals surface area (Å²) < 4.78 is 0. The number of hydrogen-bond donors (Lipinski definition) is 1. The summed E-state index contributed by atoms with van der Waals surface area (Å²) in [7, 11) is 0. The summed E-state index contributed by atoms with van der Waals surface area (Å²) in [5.74, 6) is 0.912. The Morgan fingerprint density at radius 3 is 2.35 bits per heavy atom. The van der Waals surface area contributed by atoms with Crippen LogP contribution in [-0.2, 0) is 0 Å². The molecule has 0 aromatic heterocycles. The molecule has 1 unspecified atom stereocenters. The molecule has 2 aliphatic carbocycles. The fourth-order valence-electron chi connectivity index (χ4n) is 4.92. The predicted molar refractivity (Wildman–Crippen MR) is 85.7 cm³/mol. The van der Waals surface area contributed by atoms with Crippen LogP contribution in [0.5, 0.6) is 0 Å². The molecule has 1 aromatic rings. The lowest BCUT2D eigenvalue weighted by Gasteiger charge is -2.44. The molecule has 20 heavy (non-hydrogen) atoms. The van der Waals surface area contributed by atoms with E-state index in [-0.39, 0.29) is 0 Å². The van der Waals surface area contributed by atoms with Gasteiger partial charge in [0.2, 0.25) is 0 Å². The molecule has 1 nitrogen and oxygen atoms in total. The highest BCUT2D eigenvalue weighted by molar-refractivity contribution is 5.24. The molecule has 0 saturated heterocycles. The average Bonchev–Trinajstić information content (AvgIpc) is 2.86. The van der Waals surface area contributed by atoms with Crippen LogP contribution in [-0.4, -0.2) is 6.04 Å². The molecule has 0 heterocycles. The Kier molecular flexibility index (Phi) is 3.25. The van der Waals surface area contributed by atoms with Crippen LogP contribution in [0, 0.1) is 23.7 Å². The van der Waals surface area contributed by atoms with E-state index in [9.17, 15) is 0 Å². The van der Waals surface area contributed by atoms with Crippen molar-refractivity contribution in [3.05, 3.63) is 35.4 Å². The Bertz CT molecular complexity index is 482. The molecule has 0 spiro atoms. The van der Waals surface area contributed by atoms with Crippen molar-refractivity contribution in [2.24, 2.45) is 16.7 Å². The molecule has 1 heteroatoms. The van der Waals surface area contributed by atoms with Crippen LogP contribution in [0.2, 0.25) is 0 Å². The molecule has 2 saturated carbocycles. The van der Waals surface area contributed by atoms with Gasteiger partial charge in [0.25, 0.3) is 0 Å². The van der Waals surface area contributed by atoms with Crippen molar-refractivity contribution in [3.8, 4) is 0 Å². The van der Waals surface area contributed by atoms with Gasteiger partial charge in [0.05, 0.1) is 0 Å². The van der Waals surface area contributed by atoms with Crippen molar-refractivity contribution in [1.82, 2.24) is 5.32 Å². The summed E-state index contributed by atoms with van der Waals surface area (Å²) >= 11 is 0. The zero-order chi connectivity index (χ0) is 14.5. The largest absolute Gasteiger partial charge is 0.306 e. The van der Waals surface area contributed by atoms with Crippen LogP contribution in [0.4, 0.5) is 0 Å².